The van der Waals surface area contributed by atoms with Gasteiger partial charge < -0.3 is 14.7 Å². The average molecular weight is 249 g/mol. The van der Waals surface area contributed by atoms with E-state index >= 15 is 0 Å². The van der Waals surface area contributed by atoms with E-state index in [1.165, 1.54) is 7.11 Å². The van der Waals surface area contributed by atoms with Crippen LogP contribution in [-0.4, -0.2) is 23.9 Å². The molecule has 0 atom stereocenters. The molecule has 0 fully saturated rings. The van der Waals surface area contributed by atoms with Crippen LogP contribution in [0.1, 0.15) is 12.5 Å². The first-order valence-electron chi connectivity index (χ1n) is 5.32. The number of benzene rings is 1. The van der Waals surface area contributed by atoms with Gasteiger partial charge in [0, 0.05) is 0 Å². The van der Waals surface area contributed by atoms with Crippen molar-refractivity contribution in [2.45, 2.75) is 13.5 Å². The summed E-state index contributed by atoms with van der Waals surface area (Å²) >= 11 is 0. The quantitative estimate of drug-likeness (QED) is 0.285. The fraction of sp³-hybridized carbons (Fsp3) is 0.231. The van der Waals surface area contributed by atoms with Crippen molar-refractivity contribution in [3.63, 3.8) is 0 Å². The van der Waals surface area contributed by atoms with E-state index in [2.05, 4.69) is 9.89 Å². The van der Waals surface area contributed by atoms with Crippen molar-refractivity contribution < 1.29 is 19.5 Å². The smallest absolute Gasteiger partial charge is 0.342 e. The molecule has 1 rings (SSSR count). The minimum absolute atomic E-state index is 0.0365. The number of nitrogens with zero attached hydrogens (tertiary/aromatic N) is 1. The van der Waals surface area contributed by atoms with Crippen LogP contribution in [0.25, 0.3) is 0 Å². The number of ether oxygens (including phenoxy) is 1. The molecule has 0 bridgehead atoms. The molecule has 0 radical (unpaired) electrons. The van der Waals surface area contributed by atoms with Gasteiger partial charge in [-0.25, -0.2) is 4.79 Å². The number of rotatable bonds is 5. The first-order valence-corrected chi connectivity index (χ1v) is 5.32. The van der Waals surface area contributed by atoms with E-state index < -0.39 is 5.97 Å². The van der Waals surface area contributed by atoms with Crippen LogP contribution >= 0.6 is 0 Å². The summed E-state index contributed by atoms with van der Waals surface area (Å²) in [4.78, 5) is 16.3. The number of aliphatic hydroxyl groups is 1. The van der Waals surface area contributed by atoms with Crippen LogP contribution in [0.3, 0.4) is 0 Å². The SMILES string of the molecule is COC(=O)C(=CO)C(C)=NOCc1ccccc1. The summed E-state index contributed by atoms with van der Waals surface area (Å²) in [6.45, 7) is 1.84. The third kappa shape index (κ3) is 3.93. The van der Waals surface area contributed by atoms with Crippen molar-refractivity contribution in [1.82, 2.24) is 0 Å². The molecular formula is C13H15NO4. The Hall–Kier alpha value is -2.30. The van der Waals surface area contributed by atoms with Crippen molar-refractivity contribution in [3.05, 3.63) is 47.7 Å². The van der Waals surface area contributed by atoms with Crippen LogP contribution in [0, 0.1) is 0 Å². The second-order valence-electron chi connectivity index (χ2n) is 3.47. The number of esters is 1. The van der Waals surface area contributed by atoms with Gasteiger partial charge in [0.15, 0.2) is 0 Å². The third-order valence-electron chi connectivity index (χ3n) is 2.20. The van der Waals surface area contributed by atoms with Crippen molar-refractivity contribution in [1.29, 1.82) is 0 Å². The molecule has 0 amide bonds. The van der Waals surface area contributed by atoms with Crippen molar-refractivity contribution >= 4 is 11.7 Å². The van der Waals surface area contributed by atoms with Gasteiger partial charge in [0.25, 0.3) is 0 Å². The van der Waals surface area contributed by atoms with Crippen LogP contribution in [0.4, 0.5) is 0 Å². The maximum atomic E-state index is 11.2. The molecule has 5 heteroatoms. The van der Waals surface area contributed by atoms with E-state index in [9.17, 15) is 4.79 Å². The molecule has 0 spiro atoms. The standard InChI is InChI=1S/C13H15NO4/c1-10(12(8-15)13(16)17-2)14-18-9-11-6-4-3-5-7-11/h3-8,15H,9H2,1-2H3. The molecule has 0 unspecified atom stereocenters. The average Bonchev–Trinajstić information content (AvgIpc) is 2.40. The Morgan fingerprint density at radius 3 is 2.61 bits per heavy atom. The fourth-order valence-corrected chi connectivity index (χ4v) is 1.23. The topological polar surface area (TPSA) is 68.1 Å². The summed E-state index contributed by atoms with van der Waals surface area (Å²) in [6.07, 6.45) is 0.649. The normalized spacial score (nSPS) is 12.1. The highest BCUT2D eigenvalue weighted by Gasteiger charge is 2.13. The van der Waals surface area contributed by atoms with Gasteiger partial charge in [0.1, 0.15) is 12.2 Å². The van der Waals surface area contributed by atoms with E-state index in [-0.39, 0.29) is 17.9 Å². The molecule has 18 heavy (non-hydrogen) atoms. The monoisotopic (exact) mass is 249 g/mol. The van der Waals surface area contributed by atoms with Gasteiger partial charge in [-0.2, -0.15) is 0 Å². The van der Waals surface area contributed by atoms with Gasteiger partial charge in [0.05, 0.1) is 19.1 Å². The molecule has 0 saturated heterocycles. The molecule has 0 aromatic heterocycles. The van der Waals surface area contributed by atoms with Crippen molar-refractivity contribution in [3.8, 4) is 0 Å². The van der Waals surface area contributed by atoms with E-state index in [0.717, 1.165) is 5.56 Å². The summed E-state index contributed by atoms with van der Waals surface area (Å²) in [7, 11) is 1.23. The minimum Gasteiger partial charge on any atom is -0.515 e. The molecule has 0 aliphatic rings. The number of oxime groups is 1. The second kappa shape index (κ2) is 7.11. The van der Waals surface area contributed by atoms with E-state index in [1.54, 1.807) is 6.92 Å². The summed E-state index contributed by atoms with van der Waals surface area (Å²) in [5, 5.41) is 12.7. The molecule has 0 heterocycles. The Morgan fingerprint density at radius 2 is 2.06 bits per heavy atom. The number of methoxy groups -OCH3 is 1. The minimum atomic E-state index is -0.665. The van der Waals surface area contributed by atoms with E-state index in [0.29, 0.717) is 6.26 Å². The van der Waals surface area contributed by atoms with Crippen molar-refractivity contribution in [2.75, 3.05) is 7.11 Å². The Kier molecular flexibility index (Phi) is 5.44. The first-order chi connectivity index (χ1) is 8.69. The van der Waals surface area contributed by atoms with Crippen LogP contribution in [-0.2, 0) is 21.0 Å². The lowest BCUT2D eigenvalue weighted by molar-refractivity contribution is -0.135. The highest BCUT2D eigenvalue weighted by atomic mass is 16.6. The van der Waals surface area contributed by atoms with Gasteiger partial charge in [-0.15, -0.1) is 0 Å². The van der Waals surface area contributed by atoms with Crippen LogP contribution in [0.2, 0.25) is 0 Å². The third-order valence-corrected chi connectivity index (χ3v) is 2.20. The Labute approximate surface area is 105 Å². The fourth-order valence-electron chi connectivity index (χ4n) is 1.23. The molecule has 0 saturated carbocycles. The molecular weight excluding hydrogens is 234 g/mol. The molecule has 1 aromatic rings. The van der Waals surface area contributed by atoms with E-state index in [1.807, 2.05) is 30.3 Å². The Bertz CT molecular complexity index is 451. The summed E-state index contributed by atoms with van der Waals surface area (Å²) in [5.41, 5.74) is 1.17. The maximum absolute atomic E-state index is 11.2. The predicted octanol–water partition coefficient (Wildman–Crippen LogP) is 2.19. The molecule has 1 aromatic carbocycles. The van der Waals surface area contributed by atoms with Crippen molar-refractivity contribution in [2.24, 2.45) is 5.16 Å². The predicted molar refractivity (Wildman–Crippen MR) is 67.1 cm³/mol. The molecule has 0 aliphatic carbocycles. The zero-order valence-electron chi connectivity index (χ0n) is 10.3. The number of aliphatic hydroxyl groups excluding tert-OH is 1. The number of carbonyl (C=O) groups is 1. The molecule has 1 N–H and O–H groups in total. The molecule has 5 nitrogen and oxygen atoms in total. The number of hydrogen-bond acceptors (Lipinski definition) is 5. The van der Waals surface area contributed by atoms with Gasteiger partial charge in [-0.1, -0.05) is 35.5 Å². The summed E-state index contributed by atoms with van der Waals surface area (Å²) in [6, 6.07) is 9.48. The van der Waals surface area contributed by atoms with Crippen LogP contribution < -0.4 is 0 Å². The lowest BCUT2D eigenvalue weighted by Gasteiger charge is -2.04. The highest BCUT2D eigenvalue weighted by molar-refractivity contribution is 6.18. The number of hydrogen-bond donors (Lipinski definition) is 1. The van der Waals surface area contributed by atoms with Crippen LogP contribution in [0.15, 0.2) is 47.3 Å². The Balaban J connectivity index is 2.59. The Morgan fingerprint density at radius 1 is 1.39 bits per heavy atom. The molecule has 0 aliphatic heterocycles. The zero-order chi connectivity index (χ0) is 13.4. The second-order valence-corrected chi connectivity index (χ2v) is 3.47. The lowest BCUT2D eigenvalue weighted by Crippen LogP contribution is -2.12. The van der Waals surface area contributed by atoms with Gasteiger partial charge in [-0.3, -0.25) is 0 Å². The number of carbonyl (C=O) groups excluding carboxylic acids is 1. The maximum Gasteiger partial charge on any atom is 0.342 e. The highest BCUT2D eigenvalue weighted by Crippen LogP contribution is 2.04. The van der Waals surface area contributed by atoms with Gasteiger partial charge >= 0.3 is 5.97 Å². The zero-order valence-corrected chi connectivity index (χ0v) is 10.3. The van der Waals surface area contributed by atoms with Crippen LogP contribution in [0.5, 0.6) is 0 Å². The van der Waals surface area contributed by atoms with E-state index in [4.69, 9.17) is 9.94 Å². The summed E-state index contributed by atoms with van der Waals surface area (Å²) in [5.74, 6) is -0.665. The van der Waals surface area contributed by atoms with Gasteiger partial charge in [-0.05, 0) is 12.5 Å². The molecule has 96 valence electrons. The first kappa shape index (κ1) is 13.8. The largest absolute Gasteiger partial charge is 0.515 e. The summed E-state index contributed by atoms with van der Waals surface area (Å²) < 4.78 is 4.49. The lowest BCUT2D eigenvalue weighted by atomic mass is 10.2. The van der Waals surface area contributed by atoms with Gasteiger partial charge in [0.2, 0.25) is 0 Å².